The van der Waals surface area contributed by atoms with Gasteiger partial charge in [0, 0.05) is 6.20 Å². The van der Waals surface area contributed by atoms with Crippen molar-refractivity contribution in [2.24, 2.45) is 5.16 Å². The maximum Gasteiger partial charge on any atom is 0.383 e. The van der Waals surface area contributed by atoms with Crippen LogP contribution < -0.4 is 0 Å². The van der Waals surface area contributed by atoms with Crippen molar-refractivity contribution in [2.45, 2.75) is 6.92 Å². The van der Waals surface area contributed by atoms with E-state index in [0.29, 0.717) is 17.0 Å². The van der Waals surface area contributed by atoms with Crippen molar-refractivity contribution in [3.05, 3.63) is 70.0 Å². The van der Waals surface area contributed by atoms with E-state index in [1.54, 1.807) is 25.1 Å². The van der Waals surface area contributed by atoms with Crippen molar-refractivity contribution in [3.63, 3.8) is 0 Å². The number of rotatable bonds is 4. The second-order valence-corrected chi connectivity index (χ2v) is 5.27. The number of oxime groups is 1. The molecule has 0 aliphatic heterocycles. The monoisotopic (exact) mass is 313 g/mol. The summed E-state index contributed by atoms with van der Waals surface area (Å²) in [5.74, 6) is -0.622. The average Bonchev–Trinajstić information content (AvgIpc) is 3.21. The molecular weight excluding hydrogens is 302 g/mol. The molecule has 0 radical (unpaired) electrons. The summed E-state index contributed by atoms with van der Waals surface area (Å²) in [6.45, 7) is 1.79. The quantitative estimate of drug-likeness (QED) is 0.420. The van der Waals surface area contributed by atoms with Gasteiger partial charge >= 0.3 is 5.97 Å². The molecule has 0 aromatic carbocycles. The van der Waals surface area contributed by atoms with Crippen LogP contribution in [0.4, 0.5) is 0 Å². The Kier molecular flexibility index (Phi) is 4.06. The van der Waals surface area contributed by atoms with Gasteiger partial charge in [0.2, 0.25) is 0 Å². The average molecular weight is 313 g/mol. The van der Waals surface area contributed by atoms with Gasteiger partial charge in [-0.3, -0.25) is 0 Å². The van der Waals surface area contributed by atoms with Crippen molar-refractivity contribution in [2.75, 3.05) is 0 Å². The molecule has 0 aliphatic carbocycles. The number of hydrogen-bond donors (Lipinski definition) is 0. The fourth-order valence-corrected chi connectivity index (χ4v) is 2.50. The molecule has 110 valence electrons. The van der Waals surface area contributed by atoms with E-state index < -0.39 is 5.97 Å². The number of thiophene rings is 1. The Bertz CT molecular complexity index is 795. The van der Waals surface area contributed by atoms with E-state index in [-0.39, 0.29) is 5.69 Å². The summed E-state index contributed by atoms with van der Waals surface area (Å²) < 4.78 is 4.94. The van der Waals surface area contributed by atoms with E-state index in [9.17, 15) is 4.79 Å². The lowest BCUT2D eigenvalue weighted by Gasteiger charge is -2.02. The highest BCUT2D eigenvalue weighted by atomic mass is 32.1. The predicted molar refractivity (Wildman–Crippen MR) is 80.9 cm³/mol. The van der Waals surface area contributed by atoms with E-state index in [2.05, 4.69) is 15.3 Å². The molecule has 7 heteroatoms. The van der Waals surface area contributed by atoms with E-state index >= 15 is 0 Å². The number of carbonyl (C=O) groups is 1. The summed E-state index contributed by atoms with van der Waals surface area (Å²) in [4.78, 5) is 21.7. The number of hydrogen-bond acceptors (Lipinski definition) is 7. The molecule has 3 aromatic rings. The van der Waals surface area contributed by atoms with Gasteiger partial charge in [0.05, 0.1) is 16.1 Å². The minimum atomic E-state index is -0.622. The van der Waals surface area contributed by atoms with Gasteiger partial charge in [-0.2, -0.15) is 0 Å². The normalized spacial score (nSPS) is 11.4. The Morgan fingerprint density at radius 1 is 1.32 bits per heavy atom. The summed E-state index contributed by atoms with van der Waals surface area (Å²) in [6.07, 6.45) is 2.99. The largest absolute Gasteiger partial charge is 0.383 e. The third-order valence-corrected chi connectivity index (χ3v) is 3.73. The first-order valence-corrected chi connectivity index (χ1v) is 7.29. The SMILES string of the molecule is Cc1nocc1/C(=N\OC(=O)c1ccccn1)c1cccs1. The second kappa shape index (κ2) is 6.31. The lowest BCUT2D eigenvalue weighted by atomic mass is 10.1. The van der Waals surface area contributed by atoms with Crippen molar-refractivity contribution in [3.8, 4) is 0 Å². The first kappa shape index (κ1) is 14.2. The zero-order chi connectivity index (χ0) is 15.4. The topological polar surface area (TPSA) is 77.6 Å². The van der Waals surface area contributed by atoms with Gasteiger partial charge in [-0.05, 0) is 30.5 Å². The van der Waals surface area contributed by atoms with Gasteiger partial charge in [-0.25, -0.2) is 9.78 Å². The summed E-state index contributed by atoms with van der Waals surface area (Å²) in [7, 11) is 0. The number of aryl methyl sites for hydroxylation is 1. The molecular formula is C15H11N3O3S. The van der Waals surface area contributed by atoms with Crippen LogP contribution in [0.5, 0.6) is 0 Å². The van der Waals surface area contributed by atoms with Gasteiger partial charge in [0.15, 0.2) is 5.69 Å². The first-order chi connectivity index (χ1) is 10.8. The standard InChI is InChI=1S/C15H11N3O3S/c1-10-11(9-20-17-10)14(13-6-4-8-22-13)18-21-15(19)12-5-2-3-7-16-12/h2-9H,1H3/b18-14+. The van der Waals surface area contributed by atoms with Crippen LogP contribution in [-0.4, -0.2) is 21.8 Å². The molecule has 0 saturated heterocycles. The summed E-state index contributed by atoms with van der Waals surface area (Å²) in [5, 5.41) is 9.72. The molecule has 0 spiro atoms. The molecule has 0 unspecified atom stereocenters. The molecule has 0 amide bonds. The van der Waals surface area contributed by atoms with Gasteiger partial charge in [-0.1, -0.05) is 22.4 Å². The highest BCUT2D eigenvalue weighted by molar-refractivity contribution is 7.12. The molecule has 3 rings (SSSR count). The number of carbonyl (C=O) groups excluding carboxylic acids is 1. The molecule has 3 heterocycles. The summed E-state index contributed by atoms with van der Waals surface area (Å²) in [5.41, 5.74) is 2.04. The van der Waals surface area contributed by atoms with Crippen LogP contribution in [0.25, 0.3) is 0 Å². The van der Waals surface area contributed by atoms with Gasteiger partial charge < -0.3 is 9.36 Å². The summed E-state index contributed by atoms with van der Waals surface area (Å²) in [6, 6.07) is 8.76. The molecule has 0 fully saturated rings. The van der Waals surface area contributed by atoms with Crippen molar-refractivity contribution < 1.29 is 14.2 Å². The molecule has 22 heavy (non-hydrogen) atoms. The second-order valence-electron chi connectivity index (χ2n) is 4.32. The molecule has 0 aliphatic rings. The third-order valence-electron chi connectivity index (χ3n) is 2.85. The minimum absolute atomic E-state index is 0.193. The molecule has 0 atom stereocenters. The van der Waals surface area contributed by atoms with Crippen LogP contribution in [0.2, 0.25) is 0 Å². The van der Waals surface area contributed by atoms with Crippen molar-refractivity contribution in [1.82, 2.24) is 10.1 Å². The van der Waals surface area contributed by atoms with Crippen LogP contribution in [-0.2, 0) is 4.84 Å². The Morgan fingerprint density at radius 2 is 2.23 bits per heavy atom. The van der Waals surface area contributed by atoms with E-state index in [0.717, 1.165) is 4.88 Å². The van der Waals surface area contributed by atoms with E-state index in [1.165, 1.54) is 23.8 Å². The Hall–Kier alpha value is -2.80. The predicted octanol–water partition coefficient (Wildman–Crippen LogP) is 3.05. The van der Waals surface area contributed by atoms with Gasteiger partial charge in [0.1, 0.15) is 12.0 Å². The van der Waals surface area contributed by atoms with Crippen LogP contribution in [0.1, 0.15) is 26.6 Å². The first-order valence-electron chi connectivity index (χ1n) is 6.41. The van der Waals surface area contributed by atoms with E-state index in [1.807, 2.05) is 17.5 Å². The maximum atomic E-state index is 11.9. The Morgan fingerprint density at radius 3 is 2.86 bits per heavy atom. The fourth-order valence-electron chi connectivity index (χ4n) is 1.78. The van der Waals surface area contributed by atoms with Crippen molar-refractivity contribution in [1.29, 1.82) is 0 Å². The zero-order valence-electron chi connectivity index (χ0n) is 11.6. The maximum absolute atomic E-state index is 11.9. The molecule has 6 nitrogen and oxygen atoms in total. The van der Waals surface area contributed by atoms with Crippen LogP contribution in [0, 0.1) is 6.92 Å². The highest BCUT2D eigenvalue weighted by Crippen LogP contribution is 2.18. The summed E-state index contributed by atoms with van der Waals surface area (Å²) >= 11 is 1.48. The van der Waals surface area contributed by atoms with Gasteiger partial charge in [0.25, 0.3) is 0 Å². The smallest absolute Gasteiger partial charge is 0.364 e. The number of aromatic nitrogens is 2. The van der Waals surface area contributed by atoms with Crippen molar-refractivity contribution >= 4 is 23.0 Å². The number of pyridine rings is 1. The lowest BCUT2D eigenvalue weighted by Crippen LogP contribution is -2.08. The Balaban J connectivity index is 1.90. The minimum Gasteiger partial charge on any atom is -0.364 e. The van der Waals surface area contributed by atoms with Crippen LogP contribution >= 0.6 is 11.3 Å². The molecule has 0 N–H and O–H groups in total. The Labute approximate surface area is 130 Å². The third kappa shape index (κ3) is 2.94. The fraction of sp³-hybridized carbons (Fsp3) is 0.0667. The molecule has 3 aromatic heterocycles. The zero-order valence-corrected chi connectivity index (χ0v) is 12.4. The number of nitrogens with zero attached hydrogens (tertiary/aromatic N) is 3. The molecule has 0 bridgehead atoms. The molecule has 0 saturated carbocycles. The van der Waals surface area contributed by atoms with E-state index in [4.69, 9.17) is 9.36 Å². The lowest BCUT2D eigenvalue weighted by molar-refractivity contribution is 0.0510. The highest BCUT2D eigenvalue weighted by Gasteiger charge is 2.17. The van der Waals surface area contributed by atoms with Crippen LogP contribution in [0.3, 0.4) is 0 Å². The van der Waals surface area contributed by atoms with Gasteiger partial charge in [-0.15, -0.1) is 11.3 Å². The van der Waals surface area contributed by atoms with Crippen LogP contribution in [0.15, 0.2) is 57.9 Å².